The average Bonchev–Trinajstić information content (AvgIpc) is 3.20. The van der Waals surface area contributed by atoms with Gasteiger partial charge in [0.25, 0.3) is 5.91 Å². The number of hydrazone groups is 1. The molecular weight excluding hydrogens is 314 g/mol. The summed E-state index contributed by atoms with van der Waals surface area (Å²) in [5.41, 5.74) is 6.05. The van der Waals surface area contributed by atoms with Gasteiger partial charge in [0.05, 0.1) is 11.4 Å². The minimum absolute atomic E-state index is 0.106. The summed E-state index contributed by atoms with van der Waals surface area (Å²) in [6.07, 6.45) is 1.81. The largest absolute Gasteiger partial charge is 0.483 e. The van der Waals surface area contributed by atoms with Crippen LogP contribution in [0.25, 0.3) is 11.1 Å². The second kappa shape index (κ2) is 7.97. The standard InChI is InChI=1S/C20H19N3O2/c1-15(18-11-7-13-21-18)22-23-20(24)14-25-19-12-6-5-10-17(19)16-8-3-2-4-9-16/h2-13,21H,14H2,1H3,(H,23,24)/b22-15+. The van der Waals surface area contributed by atoms with Gasteiger partial charge in [0.15, 0.2) is 6.61 Å². The number of para-hydroxylation sites is 1. The fourth-order valence-corrected chi connectivity index (χ4v) is 2.39. The average molecular weight is 333 g/mol. The first-order valence-corrected chi connectivity index (χ1v) is 7.98. The molecule has 3 rings (SSSR count). The van der Waals surface area contributed by atoms with Crippen LogP contribution in [-0.2, 0) is 4.79 Å². The Morgan fingerprint density at radius 2 is 1.80 bits per heavy atom. The molecule has 126 valence electrons. The summed E-state index contributed by atoms with van der Waals surface area (Å²) in [5.74, 6) is 0.350. The second-order valence-electron chi connectivity index (χ2n) is 5.47. The Morgan fingerprint density at radius 1 is 1.04 bits per heavy atom. The van der Waals surface area contributed by atoms with Gasteiger partial charge in [-0.3, -0.25) is 4.79 Å². The van der Waals surface area contributed by atoms with E-state index < -0.39 is 0 Å². The van der Waals surface area contributed by atoms with Gasteiger partial charge in [-0.1, -0.05) is 48.5 Å². The van der Waals surface area contributed by atoms with E-state index in [-0.39, 0.29) is 12.5 Å². The molecule has 25 heavy (non-hydrogen) atoms. The summed E-state index contributed by atoms with van der Waals surface area (Å²) in [5, 5.41) is 4.07. The lowest BCUT2D eigenvalue weighted by Gasteiger charge is -2.11. The van der Waals surface area contributed by atoms with Gasteiger partial charge in [-0.2, -0.15) is 5.10 Å². The number of nitrogens with zero attached hydrogens (tertiary/aromatic N) is 1. The summed E-state index contributed by atoms with van der Waals surface area (Å²) in [6, 6.07) is 21.3. The normalized spacial score (nSPS) is 11.2. The number of carbonyl (C=O) groups excluding carboxylic acids is 1. The number of amides is 1. The number of H-pyrrole nitrogens is 1. The Hall–Kier alpha value is -3.34. The van der Waals surface area contributed by atoms with Crippen LogP contribution < -0.4 is 10.2 Å². The van der Waals surface area contributed by atoms with Crippen molar-refractivity contribution in [1.82, 2.24) is 10.4 Å². The van der Waals surface area contributed by atoms with Gasteiger partial charge in [0.2, 0.25) is 0 Å². The van der Waals surface area contributed by atoms with E-state index in [4.69, 9.17) is 4.74 Å². The van der Waals surface area contributed by atoms with Crippen LogP contribution >= 0.6 is 0 Å². The second-order valence-corrected chi connectivity index (χ2v) is 5.47. The molecule has 5 nitrogen and oxygen atoms in total. The van der Waals surface area contributed by atoms with E-state index in [1.54, 1.807) is 6.20 Å². The van der Waals surface area contributed by atoms with Gasteiger partial charge in [0, 0.05) is 11.8 Å². The van der Waals surface area contributed by atoms with E-state index >= 15 is 0 Å². The molecule has 2 N–H and O–H groups in total. The lowest BCUT2D eigenvalue weighted by Crippen LogP contribution is -2.25. The van der Waals surface area contributed by atoms with Crippen molar-refractivity contribution in [3.8, 4) is 16.9 Å². The first kappa shape index (κ1) is 16.5. The molecular formula is C20H19N3O2. The molecule has 0 fully saturated rings. The predicted molar refractivity (Wildman–Crippen MR) is 98.5 cm³/mol. The van der Waals surface area contributed by atoms with E-state index in [9.17, 15) is 4.79 Å². The lowest BCUT2D eigenvalue weighted by atomic mass is 10.1. The Morgan fingerprint density at radius 3 is 2.56 bits per heavy atom. The molecule has 0 saturated heterocycles. The highest BCUT2D eigenvalue weighted by atomic mass is 16.5. The molecule has 0 radical (unpaired) electrons. The number of nitrogens with one attached hydrogen (secondary N) is 2. The van der Waals surface area contributed by atoms with Gasteiger partial charge in [-0.15, -0.1) is 0 Å². The fraction of sp³-hybridized carbons (Fsp3) is 0.100. The number of hydrogen-bond acceptors (Lipinski definition) is 3. The van der Waals surface area contributed by atoms with Crippen LogP contribution in [0.2, 0.25) is 0 Å². The predicted octanol–water partition coefficient (Wildman–Crippen LogP) is 3.60. The highest BCUT2D eigenvalue weighted by Gasteiger charge is 2.08. The van der Waals surface area contributed by atoms with Crippen molar-refractivity contribution in [2.75, 3.05) is 6.61 Å². The maximum absolute atomic E-state index is 12.0. The van der Waals surface area contributed by atoms with E-state index in [1.807, 2.05) is 73.7 Å². The van der Waals surface area contributed by atoms with Gasteiger partial charge < -0.3 is 9.72 Å². The molecule has 0 aliphatic heterocycles. The molecule has 5 heteroatoms. The molecule has 0 bridgehead atoms. The third kappa shape index (κ3) is 4.35. The van der Waals surface area contributed by atoms with Crippen LogP contribution in [0.3, 0.4) is 0 Å². The lowest BCUT2D eigenvalue weighted by molar-refractivity contribution is -0.123. The SMILES string of the molecule is C/C(=N\NC(=O)COc1ccccc1-c1ccccc1)c1ccc[nH]1. The summed E-state index contributed by atoms with van der Waals surface area (Å²) in [7, 11) is 0. The first-order chi connectivity index (χ1) is 12.2. The number of carbonyl (C=O) groups is 1. The summed E-state index contributed by atoms with van der Waals surface area (Å²) < 4.78 is 5.69. The molecule has 2 aromatic carbocycles. The number of ether oxygens (including phenoxy) is 1. The van der Waals surface area contributed by atoms with Crippen LogP contribution in [0, 0.1) is 0 Å². The zero-order valence-electron chi connectivity index (χ0n) is 13.9. The molecule has 0 aliphatic carbocycles. The molecule has 1 aromatic heterocycles. The third-order valence-corrected chi connectivity index (χ3v) is 3.67. The Labute approximate surface area is 146 Å². The number of benzene rings is 2. The summed E-state index contributed by atoms with van der Waals surface area (Å²) >= 11 is 0. The van der Waals surface area contributed by atoms with Crippen molar-refractivity contribution in [2.45, 2.75) is 6.92 Å². The molecule has 0 unspecified atom stereocenters. The van der Waals surface area contributed by atoms with E-state index in [0.717, 1.165) is 16.8 Å². The molecule has 1 amide bonds. The maximum Gasteiger partial charge on any atom is 0.277 e. The van der Waals surface area contributed by atoms with Crippen molar-refractivity contribution < 1.29 is 9.53 Å². The Balaban J connectivity index is 1.62. The molecule has 0 aliphatic rings. The van der Waals surface area contributed by atoms with Gasteiger partial charge in [-0.05, 0) is 30.7 Å². The van der Waals surface area contributed by atoms with Crippen LogP contribution in [0.15, 0.2) is 78.0 Å². The van der Waals surface area contributed by atoms with Crippen molar-refractivity contribution in [3.63, 3.8) is 0 Å². The fourth-order valence-electron chi connectivity index (χ4n) is 2.39. The zero-order valence-corrected chi connectivity index (χ0v) is 13.9. The molecule has 1 heterocycles. The molecule has 0 spiro atoms. The minimum Gasteiger partial charge on any atom is -0.483 e. The number of hydrogen-bond donors (Lipinski definition) is 2. The van der Waals surface area contributed by atoms with Crippen molar-refractivity contribution in [2.24, 2.45) is 5.10 Å². The van der Waals surface area contributed by atoms with Crippen LogP contribution in [0.1, 0.15) is 12.6 Å². The van der Waals surface area contributed by atoms with Crippen LogP contribution in [-0.4, -0.2) is 23.2 Å². The van der Waals surface area contributed by atoms with Gasteiger partial charge in [0.1, 0.15) is 5.75 Å². The topological polar surface area (TPSA) is 66.5 Å². The first-order valence-electron chi connectivity index (χ1n) is 7.98. The Bertz CT molecular complexity index is 856. The number of rotatable bonds is 6. The number of aromatic amines is 1. The van der Waals surface area contributed by atoms with Crippen LogP contribution in [0.4, 0.5) is 0 Å². The Kier molecular flexibility index (Phi) is 5.26. The third-order valence-electron chi connectivity index (χ3n) is 3.67. The highest BCUT2D eigenvalue weighted by Crippen LogP contribution is 2.29. The highest BCUT2D eigenvalue weighted by molar-refractivity contribution is 5.97. The van der Waals surface area contributed by atoms with E-state index in [1.165, 1.54) is 0 Å². The van der Waals surface area contributed by atoms with E-state index in [2.05, 4.69) is 15.5 Å². The smallest absolute Gasteiger partial charge is 0.277 e. The van der Waals surface area contributed by atoms with Gasteiger partial charge in [-0.25, -0.2) is 5.43 Å². The van der Waals surface area contributed by atoms with Gasteiger partial charge >= 0.3 is 0 Å². The zero-order chi connectivity index (χ0) is 17.5. The summed E-state index contributed by atoms with van der Waals surface area (Å²) in [4.78, 5) is 15.0. The van der Waals surface area contributed by atoms with Crippen LogP contribution in [0.5, 0.6) is 5.75 Å². The van der Waals surface area contributed by atoms with Crippen molar-refractivity contribution >= 4 is 11.6 Å². The molecule has 0 atom stereocenters. The number of aromatic nitrogens is 1. The summed E-state index contributed by atoms with van der Waals surface area (Å²) in [6.45, 7) is 1.71. The monoisotopic (exact) mass is 333 g/mol. The quantitative estimate of drug-likeness (QED) is 0.535. The minimum atomic E-state index is -0.311. The molecule has 0 saturated carbocycles. The van der Waals surface area contributed by atoms with Crippen molar-refractivity contribution in [1.29, 1.82) is 0 Å². The molecule has 3 aromatic rings. The maximum atomic E-state index is 12.0. The van der Waals surface area contributed by atoms with Crippen molar-refractivity contribution in [3.05, 3.63) is 78.6 Å². The van der Waals surface area contributed by atoms with E-state index in [0.29, 0.717) is 11.5 Å².